The summed E-state index contributed by atoms with van der Waals surface area (Å²) < 4.78 is 6.26. The lowest BCUT2D eigenvalue weighted by Crippen LogP contribution is -2.39. The van der Waals surface area contributed by atoms with Gasteiger partial charge in [0.05, 0.1) is 0 Å². The van der Waals surface area contributed by atoms with Crippen LogP contribution in [0.25, 0.3) is 5.57 Å². The number of esters is 1. The molecule has 0 bridgehead atoms. The van der Waals surface area contributed by atoms with Gasteiger partial charge in [-0.3, -0.25) is 0 Å². The molecular weight excluding hydrogens is 284 g/mol. The van der Waals surface area contributed by atoms with Crippen molar-refractivity contribution >= 4 is 27.5 Å². The van der Waals surface area contributed by atoms with Crippen LogP contribution in [0.3, 0.4) is 0 Å². The monoisotopic (exact) mass is 294 g/mol. The van der Waals surface area contributed by atoms with Crippen molar-refractivity contribution in [2.24, 2.45) is 0 Å². The molecule has 0 amide bonds. The fraction of sp³-hybridized carbons (Fsp3) is 0.308. The zero-order valence-corrected chi connectivity index (χ0v) is 10.7. The lowest BCUT2D eigenvalue weighted by molar-refractivity contribution is -0.154. The van der Waals surface area contributed by atoms with E-state index in [-0.39, 0.29) is 5.76 Å². The summed E-state index contributed by atoms with van der Waals surface area (Å²) in [7, 11) is 0. The van der Waals surface area contributed by atoms with Crippen LogP contribution in [0.1, 0.15) is 24.8 Å². The third-order valence-corrected chi connectivity index (χ3v) is 3.98. The van der Waals surface area contributed by atoms with Gasteiger partial charge in [-0.25, -0.2) is 4.79 Å². The highest BCUT2D eigenvalue weighted by molar-refractivity contribution is 9.10. The van der Waals surface area contributed by atoms with E-state index in [1.54, 1.807) is 12.1 Å². The second-order valence-electron chi connectivity index (χ2n) is 4.47. The minimum atomic E-state index is -0.709. The number of carbonyl (C=O) groups excluding carboxylic acids is 1. The molecule has 1 aromatic rings. The Bertz CT molecular complexity index is 512. The fourth-order valence-electron chi connectivity index (χ4n) is 2.31. The Kier molecular flexibility index (Phi) is 2.30. The normalized spacial score (nSPS) is 21.6. The molecule has 3 nitrogen and oxygen atoms in total. The van der Waals surface area contributed by atoms with Gasteiger partial charge in [-0.1, -0.05) is 28.1 Å². The molecule has 1 aliphatic heterocycles. The van der Waals surface area contributed by atoms with Gasteiger partial charge >= 0.3 is 5.97 Å². The molecule has 17 heavy (non-hydrogen) atoms. The van der Waals surface area contributed by atoms with Crippen molar-refractivity contribution in [2.45, 2.75) is 24.9 Å². The summed E-state index contributed by atoms with van der Waals surface area (Å²) in [5.74, 6) is -0.305. The van der Waals surface area contributed by atoms with Gasteiger partial charge in [-0.2, -0.15) is 0 Å². The number of hydrogen-bond acceptors (Lipinski definition) is 3. The Morgan fingerprint density at radius 3 is 2.35 bits per heavy atom. The zero-order chi connectivity index (χ0) is 12.0. The molecule has 1 heterocycles. The first-order chi connectivity index (χ1) is 8.12. The predicted molar refractivity (Wildman–Crippen MR) is 66.4 cm³/mol. The lowest BCUT2D eigenvalue weighted by Gasteiger charge is -2.36. The van der Waals surface area contributed by atoms with E-state index >= 15 is 0 Å². The summed E-state index contributed by atoms with van der Waals surface area (Å²) in [6.45, 7) is 0. The second-order valence-corrected chi connectivity index (χ2v) is 5.38. The summed E-state index contributed by atoms with van der Waals surface area (Å²) in [6, 6.07) is 7.28. The molecule has 0 aromatic heterocycles. The van der Waals surface area contributed by atoms with E-state index in [1.165, 1.54) is 0 Å². The summed E-state index contributed by atoms with van der Waals surface area (Å²) in [5.41, 5.74) is 0.316. The third kappa shape index (κ3) is 1.51. The van der Waals surface area contributed by atoms with Crippen molar-refractivity contribution in [3.05, 3.63) is 40.1 Å². The number of ether oxygens (including phenoxy) is 1. The van der Waals surface area contributed by atoms with Crippen LogP contribution in [0.4, 0.5) is 0 Å². The van der Waals surface area contributed by atoms with Crippen LogP contribution < -0.4 is 0 Å². The average molecular weight is 295 g/mol. The first kappa shape index (κ1) is 10.8. The van der Waals surface area contributed by atoms with Crippen LogP contribution in [0.5, 0.6) is 0 Å². The molecule has 1 spiro atoms. The van der Waals surface area contributed by atoms with Crippen LogP contribution in [-0.4, -0.2) is 16.7 Å². The maximum Gasteiger partial charge on any atom is 0.343 e. The maximum absolute atomic E-state index is 11.8. The molecule has 0 unspecified atom stereocenters. The Morgan fingerprint density at radius 2 is 1.88 bits per heavy atom. The summed E-state index contributed by atoms with van der Waals surface area (Å²) in [5, 5.41) is 10.2. The molecule has 1 saturated carbocycles. The van der Waals surface area contributed by atoms with E-state index < -0.39 is 11.6 Å². The van der Waals surface area contributed by atoms with Gasteiger partial charge in [0.1, 0.15) is 5.57 Å². The Morgan fingerprint density at radius 1 is 1.24 bits per heavy atom. The Balaban J connectivity index is 2.07. The van der Waals surface area contributed by atoms with E-state index in [1.807, 2.05) is 12.1 Å². The number of halogens is 1. The highest BCUT2D eigenvalue weighted by Crippen LogP contribution is 2.48. The second kappa shape index (κ2) is 3.60. The van der Waals surface area contributed by atoms with Crippen LogP contribution in [0, 0.1) is 0 Å². The number of aliphatic hydroxyl groups is 1. The maximum atomic E-state index is 11.8. The van der Waals surface area contributed by atoms with Gasteiger partial charge in [0.2, 0.25) is 0 Å². The predicted octanol–water partition coefficient (Wildman–Crippen LogP) is 3.20. The van der Waals surface area contributed by atoms with Crippen molar-refractivity contribution < 1.29 is 14.6 Å². The van der Waals surface area contributed by atoms with Gasteiger partial charge in [0.25, 0.3) is 0 Å². The van der Waals surface area contributed by atoms with E-state index in [9.17, 15) is 9.90 Å². The fourth-order valence-corrected chi connectivity index (χ4v) is 2.57. The number of rotatable bonds is 1. The zero-order valence-electron chi connectivity index (χ0n) is 9.07. The van der Waals surface area contributed by atoms with E-state index in [0.717, 1.165) is 23.7 Å². The smallest absolute Gasteiger partial charge is 0.343 e. The van der Waals surface area contributed by atoms with Crippen molar-refractivity contribution in [1.29, 1.82) is 0 Å². The van der Waals surface area contributed by atoms with Crippen molar-refractivity contribution in [1.82, 2.24) is 0 Å². The first-order valence-electron chi connectivity index (χ1n) is 5.55. The molecule has 2 aliphatic rings. The van der Waals surface area contributed by atoms with Gasteiger partial charge in [-0.05, 0) is 37.0 Å². The third-order valence-electron chi connectivity index (χ3n) is 3.45. The SMILES string of the molecule is O=C1OC2(CCC2)C(O)=C1c1ccc(Br)cc1. The van der Waals surface area contributed by atoms with E-state index in [0.29, 0.717) is 11.1 Å². The molecule has 3 rings (SSSR count). The molecule has 1 N–H and O–H groups in total. The van der Waals surface area contributed by atoms with Gasteiger partial charge < -0.3 is 9.84 Å². The molecule has 4 heteroatoms. The Hall–Kier alpha value is -1.29. The molecule has 0 radical (unpaired) electrons. The van der Waals surface area contributed by atoms with Crippen LogP contribution >= 0.6 is 15.9 Å². The molecule has 1 fully saturated rings. The lowest BCUT2D eigenvalue weighted by atomic mass is 9.78. The van der Waals surface area contributed by atoms with E-state index in [4.69, 9.17) is 4.74 Å². The van der Waals surface area contributed by atoms with Crippen LogP contribution in [-0.2, 0) is 9.53 Å². The van der Waals surface area contributed by atoms with E-state index in [2.05, 4.69) is 15.9 Å². The molecule has 0 saturated heterocycles. The quantitative estimate of drug-likeness (QED) is 0.809. The molecule has 0 atom stereocenters. The first-order valence-corrected chi connectivity index (χ1v) is 6.35. The number of hydrogen-bond donors (Lipinski definition) is 1. The topological polar surface area (TPSA) is 46.5 Å². The van der Waals surface area contributed by atoms with Gasteiger partial charge in [0.15, 0.2) is 11.4 Å². The highest BCUT2D eigenvalue weighted by Gasteiger charge is 2.52. The Labute approximate surface area is 107 Å². The van der Waals surface area contributed by atoms with Crippen molar-refractivity contribution in [3.63, 3.8) is 0 Å². The number of aliphatic hydroxyl groups excluding tert-OH is 1. The average Bonchev–Trinajstić information content (AvgIpc) is 2.52. The minimum Gasteiger partial charge on any atom is -0.507 e. The summed E-state index contributed by atoms with van der Waals surface area (Å²) in [6.07, 6.45) is 2.44. The number of carbonyl (C=O) groups is 1. The standard InChI is InChI=1S/C13H11BrO3/c14-9-4-2-8(3-5-9)10-11(15)13(6-1-7-13)17-12(10)16/h2-5,15H,1,6-7H2. The van der Waals surface area contributed by atoms with Crippen LogP contribution in [0.15, 0.2) is 34.5 Å². The number of benzene rings is 1. The molecule has 88 valence electrons. The largest absolute Gasteiger partial charge is 0.507 e. The van der Waals surface area contributed by atoms with Gasteiger partial charge in [-0.15, -0.1) is 0 Å². The van der Waals surface area contributed by atoms with Gasteiger partial charge in [0, 0.05) is 4.47 Å². The minimum absolute atomic E-state index is 0.107. The molecule has 1 aromatic carbocycles. The molecule has 1 aliphatic carbocycles. The van der Waals surface area contributed by atoms with Crippen molar-refractivity contribution in [2.75, 3.05) is 0 Å². The highest BCUT2D eigenvalue weighted by atomic mass is 79.9. The summed E-state index contributed by atoms with van der Waals surface area (Å²) in [4.78, 5) is 11.8. The van der Waals surface area contributed by atoms with Crippen molar-refractivity contribution in [3.8, 4) is 0 Å². The van der Waals surface area contributed by atoms with Crippen LogP contribution in [0.2, 0.25) is 0 Å². The summed E-state index contributed by atoms with van der Waals surface area (Å²) >= 11 is 3.34. The molecular formula is C13H11BrO3.